The largest absolute Gasteiger partial charge is 0.379 e. The van der Waals surface area contributed by atoms with Crippen LogP contribution in [0.1, 0.15) is 15.9 Å². The van der Waals surface area contributed by atoms with Crippen LogP contribution >= 0.6 is 0 Å². The van der Waals surface area contributed by atoms with Crippen molar-refractivity contribution in [3.8, 4) is 5.75 Å². The highest BCUT2D eigenvalue weighted by Gasteiger charge is 2.20. The molecule has 0 unspecified atom stereocenters. The number of nitro groups is 1. The van der Waals surface area contributed by atoms with E-state index in [1.165, 1.54) is 54.6 Å². The van der Waals surface area contributed by atoms with Crippen molar-refractivity contribution < 1.29 is 26.7 Å². The van der Waals surface area contributed by atoms with Crippen molar-refractivity contribution >= 4 is 21.7 Å². The van der Waals surface area contributed by atoms with Crippen LogP contribution < -0.4 is 9.50 Å². The summed E-state index contributed by atoms with van der Waals surface area (Å²) in [4.78, 5) is 22.0. The number of amides is 1. The van der Waals surface area contributed by atoms with Gasteiger partial charge in [-0.1, -0.05) is 18.2 Å². The average molecular weight is 444 g/mol. The minimum Gasteiger partial charge on any atom is -0.379 e. The fraction of sp³-hybridized carbons (Fsp3) is 0.0952. The molecule has 160 valence electrons. The van der Waals surface area contributed by atoms with Gasteiger partial charge in [0, 0.05) is 24.2 Å². The molecular formula is C21H17FN2O6S. The van der Waals surface area contributed by atoms with Crippen LogP contribution in [0.4, 0.5) is 10.1 Å². The van der Waals surface area contributed by atoms with E-state index in [2.05, 4.69) is 5.32 Å². The number of hydrogen-bond donors (Lipinski definition) is 1. The van der Waals surface area contributed by atoms with Crippen LogP contribution in [0.2, 0.25) is 0 Å². The van der Waals surface area contributed by atoms with Crippen molar-refractivity contribution in [2.75, 3.05) is 6.54 Å². The molecule has 0 aliphatic heterocycles. The molecule has 0 radical (unpaired) electrons. The molecule has 0 aliphatic rings. The lowest BCUT2D eigenvalue weighted by Crippen LogP contribution is -2.25. The molecule has 3 rings (SSSR count). The second kappa shape index (κ2) is 9.35. The number of nitro benzene ring substituents is 1. The SMILES string of the molecule is O=C(NCCc1ccc(F)cc1)c1ccc(OS(=O)(=O)c2cccc([N+](=O)[O-])c2)cc1. The molecule has 0 saturated heterocycles. The van der Waals surface area contributed by atoms with Crippen LogP contribution in [-0.2, 0) is 16.5 Å². The van der Waals surface area contributed by atoms with Crippen molar-refractivity contribution in [1.29, 1.82) is 0 Å². The first-order chi connectivity index (χ1) is 14.7. The maximum atomic E-state index is 12.9. The van der Waals surface area contributed by atoms with E-state index in [0.29, 0.717) is 18.5 Å². The number of carbonyl (C=O) groups is 1. The van der Waals surface area contributed by atoms with Gasteiger partial charge in [0.05, 0.1) is 4.92 Å². The van der Waals surface area contributed by atoms with Gasteiger partial charge in [-0.15, -0.1) is 0 Å². The van der Waals surface area contributed by atoms with Gasteiger partial charge in [0.2, 0.25) is 0 Å². The highest BCUT2D eigenvalue weighted by atomic mass is 32.2. The number of nitrogens with zero attached hydrogens (tertiary/aromatic N) is 1. The summed E-state index contributed by atoms with van der Waals surface area (Å²) >= 11 is 0. The zero-order chi connectivity index (χ0) is 22.4. The van der Waals surface area contributed by atoms with Crippen LogP contribution in [-0.4, -0.2) is 25.8 Å². The number of nitrogens with one attached hydrogen (secondary N) is 1. The summed E-state index contributed by atoms with van der Waals surface area (Å²) in [6, 6.07) is 15.9. The van der Waals surface area contributed by atoms with Gasteiger partial charge in [0.15, 0.2) is 0 Å². The molecule has 1 N–H and O–H groups in total. The van der Waals surface area contributed by atoms with E-state index in [9.17, 15) is 27.7 Å². The van der Waals surface area contributed by atoms with Gasteiger partial charge < -0.3 is 9.50 Å². The number of benzene rings is 3. The lowest BCUT2D eigenvalue weighted by molar-refractivity contribution is -0.385. The summed E-state index contributed by atoms with van der Waals surface area (Å²) in [6.07, 6.45) is 0.522. The van der Waals surface area contributed by atoms with Gasteiger partial charge in [-0.05, 0) is 54.4 Å². The summed E-state index contributed by atoms with van der Waals surface area (Å²) in [6.45, 7) is 0.337. The second-order valence-corrected chi connectivity index (χ2v) is 7.99. The maximum Gasteiger partial charge on any atom is 0.339 e. The molecule has 0 bridgehead atoms. The average Bonchev–Trinajstić information content (AvgIpc) is 2.75. The first-order valence-electron chi connectivity index (χ1n) is 9.06. The van der Waals surface area contributed by atoms with Gasteiger partial charge in [0.1, 0.15) is 16.5 Å². The Kier molecular flexibility index (Phi) is 6.61. The van der Waals surface area contributed by atoms with Gasteiger partial charge in [-0.2, -0.15) is 8.42 Å². The summed E-state index contributed by atoms with van der Waals surface area (Å²) in [5, 5.41) is 13.5. The zero-order valence-corrected chi connectivity index (χ0v) is 16.8. The topological polar surface area (TPSA) is 116 Å². The van der Waals surface area contributed by atoms with E-state index in [-0.39, 0.29) is 28.1 Å². The number of carbonyl (C=O) groups excluding carboxylic acids is 1. The molecule has 31 heavy (non-hydrogen) atoms. The predicted octanol–water partition coefficient (Wildman–Crippen LogP) is 3.47. The number of halogens is 1. The third-order valence-electron chi connectivity index (χ3n) is 4.25. The summed E-state index contributed by atoms with van der Waals surface area (Å²) in [5.41, 5.74) is 0.785. The highest BCUT2D eigenvalue weighted by Crippen LogP contribution is 2.22. The van der Waals surface area contributed by atoms with E-state index in [4.69, 9.17) is 4.18 Å². The number of rotatable bonds is 8. The Bertz CT molecular complexity index is 1200. The molecule has 3 aromatic rings. The standard InChI is InChI=1S/C21H17FN2O6S/c22-17-8-4-15(5-9-17)12-13-23-21(25)16-6-10-19(11-7-16)30-31(28,29)20-3-1-2-18(14-20)24(26)27/h1-11,14H,12-13H2,(H,23,25). The van der Waals surface area contributed by atoms with Crippen molar-refractivity contribution in [2.24, 2.45) is 0 Å². The van der Waals surface area contributed by atoms with E-state index in [0.717, 1.165) is 11.6 Å². The molecule has 0 aliphatic carbocycles. The fourth-order valence-corrected chi connectivity index (χ4v) is 3.63. The van der Waals surface area contributed by atoms with Gasteiger partial charge in [-0.3, -0.25) is 14.9 Å². The van der Waals surface area contributed by atoms with Crippen LogP contribution in [0, 0.1) is 15.9 Å². The molecule has 3 aromatic carbocycles. The summed E-state index contributed by atoms with van der Waals surface area (Å²) < 4.78 is 42.6. The van der Waals surface area contributed by atoms with Gasteiger partial charge >= 0.3 is 10.1 Å². The molecule has 0 spiro atoms. The molecule has 0 heterocycles. The van der Waals surface area contributed by atoms with Crippen molar-refractivity contribution in [3.63, 3.8) is 0 Å². The second-order valence-electron chi connectivity index (χ2n) is 6.45. The Balaban J connectivity index is 1.60. The fourth-order valence-electron chi connectivity index (χ4n) is 2.66. The molecule has 10 heteroatoms. The summed E-state index contributed by atoms with van der Waals surface area (Å²) in [7, 11) is -4.28. The molecule has 0 fully saturated rings. The molecule has 0 aromatic heterocycles. The highest BCUT2D eigenvalue weighted by molar-refractivity contribution is 7.87. The molecule has 8 nitrogen and oxygen atoms in total. The lowest BCUT2D eigenvalue weighted by Gasteiger charge is -2.08. The van der Waals surface area contributed by atoms with E-state index in [1.807, 2.05) is 0 Å². The number of hydrogen-bond acceptors (Lipinski definition) is 6. The smallest absolute Gasteiger partial charge is 0.339 e. The van der Waals surface area contributed by atoms with Gasteiger partial charge in [0.25, 0.3) is 11.6 Å². The molecule has 0 saturated carbocycles. The molecular weight excluding hydrogens is 427 g/mol. The van der Waals surface area contributed by atoms with Crippen molar-refractivity contribution in [1.82, 2.24) is 5.32 Å². The maximum absolute atomic E-state index is 12.9. The molecule has 0 atom stereocenters. The molecule has 1 amide bonds. The van der Waals surface area contributed by atoms with Crippen LogP contribution in [0.25, 0.3) is 0 Å². The van der Waals surface area contributed by atoms with E-state index >= 15 is 0 Å². The normalized spacial score (nSPS) is 11.0. The first-order valence-corrected chi connectivity index (χ1v) is 10.5. The minimum atomic E-state index is -4.28. The van der Waals surface area contributed by atoms with E-state index < -0.39 is 15.0 Å². The van der Waals surface area contributed by atoms with Crippen LogP contribution in [0.5, 0.6) is 5.75 Å². The Hall–Kier alpha value is -3.79. The summed E-state index contributed by atoms with van der Waals surface area (Å²) in [5.74, 6) is -0.743. The quantitative estimate of drug-likeness (QED) is 0.323. The first kappa shape index (κ1) is 21.9. The van der Waals surface area contributed by atoms with Crippen molar-refractivity contribution in [3.05, 3.63) is 99.9 Å². The lowest BCUT2D eigenvalue weighted by atomic mass is 10.1. The Morgan fingerprint density at radius 1 is 1.03 bits per heavy atom. The van der Waals surface area contributed by atoms with Gasteiger partial charge in [-0.25, -0.2) is 4.39 Å². The monoisotopic (exact) mass is 444 g/mol. The third kappa shape index (κ3) is 5.86. The van der Waals surface area contributed by atoms with Crippen molar-refractivity contribution in [2.45, 2.75) is 11.3 Å². The zero-order valence-electron chi connectivity index (χ0n) is 16.0. The predicted molar refractivity (Wildman–Crippen MR) is 110 cm³/mol. The Morgan fingerprint density at radius 2 is 1.71 bits per heavy atom. The Labute approximate surface area is 177 Å². The van der Waals surface area contributed by atoms with E-state index in [1.54, 1.807) is 12.1 Å². The Morgan fingerprint density at radius 3 is 2.35 bits per heavy atom. The van der Waals surface area contributed by atoms with Crippen LogP contribution in [0.3, 0.4) is 0 Å². The number of non-ortho nitro benzene ring substituents is 1. The third-order valence-corrected chi connectivity index (χ3v) is 5.50. The van der Waals surface area contributed by atoms with Crippen LogP contribution in [0.15, 0.2) is 77.7 Å². The minimum absolute atomic E-state index is 0.0469.